The minimum Gasteiger partial charge on any atom is -0.396 e. The van der Waals surface area contributed by atoms with Crippen molar-refractivity contribution in [2.24, 2.45) is 0 Å². The molecule has 0 radical (unpaired) electrons. The number of anilines is 1. The van der Waals surface area contributed by atoms with Gasteiger partial charge in [0.2, 0.25) is 0 Å². The number of nitrogens with one attached hydrogen (secondary N) is 1. The molecule has 0 amide bonds. The molecule has 3 nitrogen and oxygen atoms in total. The molecule has 0 aliphatic carbocycles. The maximum absolute atomic E-state index is 9.30. The van der Waals surface area contributed by atoms with Crippen LogP contribution >= 0.6 is 23.2 Å². The Kier molecular flexibility index (Phi) is 4.67. The van der Waals surface area contributed by atoms with Crippen molar-refractivity contribution in [3.8, 4) is 0 Å². The lowest BCUT2D eigenvalue weighted by atomic mass is 10.0. The maximum Gasteiger partial charge on any atom is 0.0699 e. The average Bonchev–Trinajstić information content (AvgIpc) is 2.22. The summed E-state index contributed by atoms with van der Waals surface area (Å²) in [5, 5.41) is 13.4. The number of nitrogen functional groups attached to an aromatic ring is 1. The van der Waals surface area contributed by atoms with Crippen molar-refractivity contribution in [1.29, 1.82) is 0 Å². The van der Waals surface area contributed by atoms with Gasteiger partial charge in [-0.25, -0.2) is 0 Å². The van der Waals surface area contributed by atoms with E-state index in [4.69, 9.17) is 28.9 Å². The van der Waals surface area contributed by atoms with Gasteiger partial charge in [-0.3, -0.25) is 0 Å². The molecule has 17 heavy (non-hydrogen) atoms. The molecule has 0 unspecified atom stereocenters. The maximum atomic E-state index is 9.30. The summed E-state index contributed by atoms with van der Waals surface area (Å²) < 4.78 is 0. The molecule has 0 aliphatic heterocycles. The van der Waals surface area contributed by atoms with Crippen molar-refractivity contribution in [2.45, 2.75) is 39.5 Å². The van der Waals surface area contributed by atoms with Gasteiger partial charge in [-0.2, -0.15) is 0 Å². The van der Waals surface area contributed by atoms with E-state index in [-0.39, 0.29) is 12.1 Å². The lowest BCUT2D eigenvalue weighted by Gasteiger charge is -2.22. The van der Waals surface area contributed by atoms with Gasteiger partial charge >= 0.3 is 0 Å². The topological polar surface area (TPSA) is 58.3 Å². The fraction of sp³-hybridized carbons (Fsp3) is 0.500. The molecule has 5 heteroatoms. The normalized spacial score (nSPS) is 11.9. The van der Waals surface area contributed by atoms with Crippen molar-refractivity contribution < 1.29 is 5.11 Å². The molecule has 0 atom stereocenters. The summed E-state index contributed by atoms with van der Waals surface area (Å²) in [5.74, 6) is 0. The first-order valence-corrected chi connectivity index (χ1v) is 6.13. The van der Waals surface area contributed by atoms with E-state index in [9.17, 15) is 5.11 Å². The van der Waals surface area contributed by atoms with Gasteiger partial charge in [0.1, 0.15) is 0 Å². The van der Waals surface area contributed by atoms with E-state index in [0.717, 1.165) is 5.56 Å². The molecule has 0 aliphatic rings. The zero-order chi connectivity index (χ0) is 13.2. The standard InChI is InChI=1S/C12H18Cl2N2O/c1-12(2,3)16-5-8-7(6-17)4-9(13)11(15)10(8)14/h4,16-17H,5-6,15H2,1-3H3. The van der Waals surface area contributed by atoms with Gasteiger partial charge in [-0.05, 0) is 38.0 Å². The van der Waals surface area contributed by atoms with E-state index in [0.29, 0.717) is 27.8 Å². The average molecular weight is 277 g/mol. The van der Waals surface area contributed by atoms with Crippen molar-refractivity contribution >= 4 is 28.9 Å². The van der Waals surface area contributed by atoms with E-state index < -0.39 is 0 Å². The predicted molar refractivity (Wildman–Crippen MR) is 73.4 cm³/mol. The van der Waals surface area contributed by atoms with Crippen LogP contribution in [0.15, 0.2) is 6.07 Å². The molecule has 96 valence electrons. The highest BCUT2D eigenvalue weighted by Crippen LogP contribution is 2.33. The van der Waals surface area contributed by atoms with Crippen molar-refractivity contribution in [2.75, 3.05) is 5.73 Å². The number of aliphatic hydroxyl groups excluding tert-OH is 1. The molecule has 0 heterocycles. The Balaban J connectivity index is 3.09. The van der Waals surface area contributed by atoms with Crippen LogP contribution in [0.2, 0.25) is 10.0 Å². The Morgan fingerprint density at radius 2 is 1.94 bits per heavy atom. The predicted octanol–water partition coefficient (Wildman–Crippen LogP) is 2.96. The molecule has 0 saturated heterocycles. The molecule has 1 aromatic carbocycles. The Labute approximate surface area is 112 Å². The van der Waals surface area contributed by atoms with Crippen molar-refractivity contribution in [1.82, 2.24) is 5.32 Å². The Hall–Kier alpha value is -0.480. The van der Waals surface area contributed by atoms with E-state index >= 15 is 0 Å². The van der Waals surface area contributed by atoms with Crippen LogP contribution in [-0.4, -0.2) is 10.6 Å². The molecule has 0 aromatic heterocycles. The summed E-state index contributed by atoms with van der Waals surface area (Å²) >= 11 is 12.1. The molecule has 0 saturated carbocycles. The SMILES string of the molecule is CC(C)(C)NCc1c(CO)cc(Cl)c(N)c1Cl. The lowest BCUT2D eigenvalue weighted by Crippen LogP contribution is -2.35. The fourth-order valence-corrected chi connectivity index (χ4v) is 1.98. The van der Waals surface area contributed by atoms with Crippen molar-refractivity contribution in [3.63, 3.8) is 0 Å². The van der Waals surface area contributed by atoms with Crippen LogP contribution in [-0.2, 0) is 13.2 Å². The molecule has 0 bridgehead atoms. The van der Waals surface area contributed by atoms with Crippen molar-refractivity contribution in [3.05, 3.63) is 27.2 Å². The number of hydrogen-bond acceptors (Lipinski definition) is 3. The number of nitrogens with two attached hydrogens (primary N) is 1. The van der Waals surface area contributed by atoms with Gasteiger partial charge in [0.05, 0.1) is 22.3 Å². The van der Waals surface area contributed by atoms with E-state index in [1.807, 2.05) is 0 Å². The number of halogens is 2. The van der Waals surface area contributed by atoms with Gasteiger partial charge in [0.15, 0.2) is 0 Å². The van der Waals surface area contributed by atoms with Crippen LogP contribution in [0.5, 0.6) is 0 Å². The quantitative estimate of drug-likeness (QED) is 0.744. The fourth-order valence-electron chi connectivity index (χ4n) is 1.41. The highest BCUT2D eigenvalue weighted by molar-refractivity contribution is 6.39. The monoisotopic (exact) mass is 276 g/mol. The Morgan fingerprint density at radius 1 is 1.35 bits per heavy atom. The van der Waals surface area contributed by atoms with Gasteiger partial charge in [0.25, 0.3) is 0 Å². The van der Waals surface area contributed by atoms with Crippen LogP contribution < -0.4 is 11.1 Å². The van der Waals surface area contributed by atoms with Crippen LogP contribution in [0.4, 0.5) is 5.69 Å². The van der Waals surface area contributed by atoms with Crippen LogP contribution in [0, 0.1) is 0 Å². The van der Waals surface area contributed by atoms with E-state index in [1.54, 1.807) is 6.07 Å². The number of aliphatic hydroxyl groups is 1. The van der Waals surface area contributed by atoms with Gasteiger partial charge in [0, 0.05) is 12.1 Å². The van der Waals surface area contributed by atoms with Gasteiger partial charge in [-0.1, -0.05) is 23.2 Å². The largest absolute Gasteiger partial charge is 0.396 e. The summed E-state index contributed by atoms with van der Waals surface area (Å²) in [4.78, 5) is 0. The van der Waals surface area contributed by atoms with Gasteiger partial charge < -0.3 is 16.2 Å². The summed E-state index contributed by atoms with van der Waals surface area (Å²) in [6.07, 6.45) is 0. The second kappa shape index (κ2) is 5.44. The smallest absolute Gasteiger partial charge is 0.0699 e. The lowest BCUT2D eigenvalue weighted by molar-refractivity contribution is 0.279. The molecule has 0 spiro atoms. The highest BCUT2D eigenvalue weighted by atomic mass is 35.5. The minimum atomic E-state index is -0.110. The molecule has 4 N–H and O–H groups in total. The number of rotatable bonds is 3. The number of hydrogen-bond donors (Lipinski definition) is 3. The third-order valence-electron chi connectivity index (χ3n) is 2.41. The van der Waals surface area contributed by atoms with Crippen LogP contribution in [0.25, 0.3) is 0 Å². The first-order valence-electron chi connectivity index (χ1n) is 5.37. The molecule has 0 fully saturated rings. The zero-order valence-electron chi connectivity index (χ0n) is 10.3. The second-order valence-electron chi connectivity index (χ2n) is 4.99. The first kappa shape index (κ1) is 14.6. The first-order chi connectivity index (χ1) is 7.76. The van der Waals surface area contributed by atoms with Crippen LogP contribution in [0.1, 0.15) is 31.9 Å². The molecule has 1 rings (SSSR count). The van der Waals surface area contributed by atoms with Gasteiger partial charge in [-0.15, -0.1) is 0 Å². The number of benzene rings is 1. The van der Waals surface area contributed by atoms with E-state index in [2.05, 4.69) is 26.1 Å². The van der Waals surface area contributed by atoms with E-state index in [1.165, 1.54) is 0 Å². The summed E-state index contributed by atoms with van der Waals surface area (Å²) in [7, 11) is 0. The molecular formula is C12H18Cl2N2O. The minimum absolute atomic E-state index is 0.0372. The van der Waals surface area contributed by atoms with Crippen LogP contribution in [0.3, 0.4) is 0 Å². The molecular weight excluding hydrogens is 259 g/mol. The summed E-state index contributed by atoms with van der Waals surface area (Å²) in [6.45, 7) is 6.59. The second-order valence-corrected chi connectivity index (χ2v) is 5.77. The zero-order valence-corrected chi connectivity index (χ0v) is 11.8. The summed E-state index contributed by atoms with van der Waals surface area (Å²) in [6, 6.07) is 1.66. The highest BCUT2D eigenvalue weighted by Gasteiger charge is 2.16. The molecule has 1 aromatic rings. The Morgan fingerprint density at radius 3 is 2.41 bits per heavy atom. The Bertz CT molecular complexity index is 414. The summed E-state index contributed by atoms with van der Waals surface area (Å²) in [5.41, 5.74) is 7.59. The third-order valence-corrected chi connectivity index (χ3v) is 3.16. The third kappa shape index (κ3) is 3.75.